The third-order valence-corrected chi connectivity index (χ3v) is 5.68. The summed E-state index contributed by atoms with van der Waals surface area (Å²) < 4.78 is 0. The lowest BCUT2D eigenvalue weighted by Gasteiger charge is -2.23. The minimum absolute atomic E-state index is 0.0668. The summed E-state index contributed by atoms with van der Waals surface area (Å²) in [6, 6.07) is -1.05. The Hall–Kier alpha value is -1.63. The van der Waals surface area contributed by atoms with E-state index >= 15 is 0 Å². The van der Waals surface area contributed by atoms with Gasteiger partial charge in [0.15, 0.2) is 0 Å². The largest absolute Gasteiger partial charge is 0.368 e. The van der Waals surface area contributed by atoms with Gasteiger partial charge in [0, 0.05) is 12.5 Å². The van der Waals surface area contributed by atoms with E-state index in [0.29, 0.717) is 24.8 Å². The molecule has 0 aromatic heterocycles. The van der Waals surface area contributed by atoms with Crippen molar-refractivity contribution in [2.24, 2.45) is 28.9 Å². The number of nitrogens with one attached hydrogen (secondary N) is 3. The van der Waals surface area contributed by atoms with Gasteiger partial charge in [-0.1, -0.05) is 13.8 Å². The molecule has 1 aliphatic carbocycles. The normalized spacial score (nSPS) is 36.4. The van der Waals surface area contributed by atoms with E-state index in [1.54, 1.807) is 0 Å². The Morgan fingerprint density at radius 3 is 2.68 bits per heavy atom. The smallest absolute Gasteiger partial charge is 0.240 e. The van der Waals surface area contributed by atoms with Gasteiger partial charge in [0.25, 0.3) is 0 Å². The zero-order chi connectivity index (χ0) is 16.1. The molecule has 2 saturated heterocycles. The third-order valence-electron chi connectivity index (χ3n) is 5.68. The van der Waals surface area contributed by atoms with Crippen LogP contribution in [0.4, 0.5) is 0 Å². The lowest BCUT2D eigenvalue weighted by Crippen LogP contribution is -2.52. The lowest BCUT2D eigenvalue weighted by molar-refractivity contribution is -0.130. The SMILES string of the molecule is CC1(C)[C@@H]2[C@@H](C(=O)NC(CC3CCNC3=O)C(N)=O)NC[C@@H]21. The zero-order valence-electron chi connectivity index (χ0n) is 13.0. The maximum Gasteiger partial charge on any atom is 0.240 e. The third kappa shape index (κ3) is 2.47. The molecule has 0 bridgehead atoms. The first-order valence-electron chi connectivity index (χ1n) is 7.93. The van der Waals surface area contributed by atoms with Gasteiger partial charge in [-0.05, 0) is 36.6 Å². The number of hydrogen-bond donors (Lipinski definition) is 4. The fourth-order valence-corrected chi connectivity index (χ4v) is 4.14. The first kappa shape index (κ1) is 15.3. The van der Waals surface area contributed by atoms with Crippen LogP contribution in [0.5, 0.6) is 0 Å². The molecule has 0 radical (unpaired) electrons. The molecule has 2 heterocycles. The minimum Gasteiger partial charge on any atom is -0.368 e. The summed E-state index contributed by atoms with van der Waals surface area (Å²) in [6.45, 7) is 5.78. The molecule has 7 nitrogen and oxygen atoms in total. The van der Waals surface area contributed by atoms with Gasteiger partial charge in [0.05, 0.1) is 6.04 Å². The summed E-state index contributed by atoms with van der Waals surface area (Å²) in [6.07, 6.45) is 0.953. The molecule has 22 heavy (non-hydrogen) atoms. The number of carbonyl (C=O) groups is 3. The second kappa shape index (κ2) is 5.22. The van der Waals surface area contributed by atoms with Gasteiger partial charge in [-0.25, -0.2) is 0 Å². The van der Waals surface area contributed by atoms with Crippen molar-refractivity contribution in [3.8, 4) is 0 Å². The summed E-state index contributed by atoms with van der Waals surface area (Å²) >= 11 is 0. The number of nitrogens with two attached hydrogens (primary N) is 1. The van der Waals surface area contributed by atoms with Crippen LogP contribution in [-0.2, 0) is 14.4 Å². The molecule has 0 spiro atoms. The molecule has 3 amide bonds. The number of carbonyl (C=O) groups excluding carboxylic acids is 3. The molecule has 1 saturated carbocycles. The number of rotatable bonds is 5. The van der Waals surface area contributed by atoms with Crippen molar-refractivity contribution in [1.29, 1.82) is 0 Å². The Morgan fingerprint density at radius 1 is 1.45 bits per heavy atom. The van der Waals surface area contributed by atoms with Crippen molar-refractivity contribution in [3.05, 3.63) is 0 Å². The Morgan fingerprint density at radius 2 is 2.18 bits per heavy atom. The quantitative estimate of drug-likeness (QED) is 0.507. The monoisotopic (exact) mass is 308 g/mol. The van der Waals surface area contributed by atoms with E-state index in [1.807, 2.05) is 0 Å². The van der Waals surface area contributed by atoms with Gasteiger partial charge < -0.3 is 21.7 Å². The fraction of sp³-hybridized carbons (Fsp3) is 0.800. The van der Waals surface area contributed by atoms with Gasteiger partial charge in [-0.15, -0.1) is 0 Å². The number of primary amides is 1. The molecule has 3 aliphatic rings. The summed E-state index contributed by atoms with van der Waals surface area (Å²) in [5, 5.41) is 8.69. The first-order chi connectivity index (χ1) is 10.3. The number of hydrogen-bond acceptors (Lipinski definition) is 4. The van der Waals surface area contributed by atoms with Crippen LogP contribution in [-0.4, -0.2) is 42.9 Å². The predicted octanol–water partition coefficient (Wildman–Crippen LogP) is -1.27. The second-order valence-electron chi connectivity index (χ2n) is 7.32. The molecule has 3 rings (SSSR count). The van der Waals surface area contributed by atoms with Crippen molar-refractivity contribution in [2.45, 2.75) is 38.8 Å². The van der Waals surface area contributed by atoms with Crippen LogP contribution < -0.4 is 21.7 Å². The highest BCUT2D eigenvalue weighted by atomic mass is 16.2. The van der Waals surface area contributed by atoms with Gasteiger partial charge in [0.1, 0.15) is 6.04 Å². The molecule has 0 aromatic rings. The maximum atomic E-state index is 12.5. The van der Waals surface area contributed by atoms with Crippen LogP contribution in [0.1, 0.15) is 26.7 Å². The summed E-state index contributed by atoms with van der Waals surface area (Å²) in [5.74, 6) is -0.244. The van der Waals surface area contributed by atoms with Gasteiger partial charge in [-0.2, -0.15) is 0 Å². The van der Waals surface area contributed by atoms with E-state index < -0.39 is 11.9 Å². The molecular formula is C15H24N4O3. The lowest BCUT2D eigenvalue weighted by atomic mass is 9.97. The fourth-order valence-electron chi connectivity index (χ4n) is 4.14. The topological polar surface area (TPSA) is 113 Å². The predicted molar refractivity (Wildman–Crippen MR) is 79.4 cm³/mol. The molecule has 2 aliphatic heterocycles. The minimum atomic E-state index is -0.788. The van der Waals surface area contributed by atoms with Crippen LogP contribution >= 0.6 is 0 Å². The molecule has 3 fully saturated rings. The van der Waals surface area contributed by atoms with Crippen LogP contribution in [0.15, 0.2) is 0 Å². The molecule has 5 atom stereocenters. The van der Waals surface area contributed by atoms with Crippen molar-refractivity contribution >= 4 is 17.7 Å². The van der Waals surface area contributed by atoms with Crippen molar-refractivity contribution in [1.82, 2.24) is 16.0 Å². The van der Waals surface area contributed by atoms with Crippen LogP contribution in [0.3, 0.4) is 0 Å². The highest BCUT2D eigenvalue weighted by molar-refractivity contribution is 5.90. The van der Waals surface area contributed by atoms with E-state index in [-0.39, 0.29) is 35.6 Å². The van der Waals surface area contributed by atoms with Crippen molar-refractivity contribution in [3.63, 3.8) is 0 Å². The van der Waals surface area contributed by atoms with E-state index in [0.717, 1.165) is 6.54 Å². The van der Waals surface area contributed by atoms with Crippen molar-refractivity contribution < 1.29 is 14.4 Å². The Bertz CT molecular complexity index is 519. The molecule has 7 heteroatoms. The summed E-state index contributed by atoms with van der Waals surface area (Å²) in [7, 11) is 0. The summed E-state index contributed by atoms with van der Waals surface area (Å²) in [5.41, 5.74) is 5.58. The van der Waals surface area contributed by atoms with Crippen LogP contribution in [0.2, 0.25) is 0 Å². The van der Waals surface area contributed by atoms with Crippen molar-refractivity contribution in [2.75, 3.05) is 13.1 Å². The highest BCUT2D eigenvalue weighted by Crippen LogP contribution is 2.62. The van der Waals surface area contributed by atoms with Gasteiger partial charge >= 0.3 is 0 Å². The number of fused-ring (bicyclic) bond motifs is 1. The highest BCUT2D eigenvalue weighted by Gasteiger charge is 2.65. The molecule has 0 aromatic carbocycles. The van der Waals surface area contributed by atoms with Crippen LogP contribution in [0, 0.1) is 23.2 Å². The van der Waals surface area contributed by atoms with E-state index in [1.165, 1.54) is 0 Å². The molecule has 122 valence electrons. The Labute approximate surface area is 129 Å². The number of piperidine rings is 1. The van der Waals surface area contributed by atoms with E-state index in [4.69, 9.17) is 5.73 Å². The average Bonchev–Trinajstić information content (AvgIpc) is 2.85. The van der Waals surface area contributed by atoms with Crippen LogP contribution in [0.25, 0.3) is 0 Å². The zero-order valence-corrected chi connectivity index (χ0v) is 13.0. The van der Waals surface area contributed by atoms with E-state index in [9.17, 15) is 14.4 Å². The molecule has 5 N–H and O–H groups in total. The number of amides is 3. The van der Waals surface area contributed by atoms with Gasteiger partial charge in [-0.3, -0.25) is 14.4 Å². The van der Waals surface area contributed by atoms with E-state index in [2.05, 4.69) is 29.8 Å². The first-order valence-corrected chi connectivity index (χ1v) is 7.93. The second-order valence-corrected chi connectivity index (χ2v) is 7.32. The molecule has 2 unspecified atom stereocenters. The Balaban J connectivity index is 1.60. The summed E-state index contributed by atoms with van der Waals surface area (Å²) in [4.78, 5) is 35.7. The maximum absolute atomic E-state index is 12.5. The van der Waals surface area contributed by atoms with Gasteiger partial charge in [0.2, 0.25) is 17.7 Å². The molecular weight excluding hydrogens is 284 g/mol. The Kier molecular flexibility index (Phi) is 3.63. The standard InChI is InChI=1S/C15H24N4O3/c1-15(2)8-6-18-11(10(8)15)14(22)19-9(12(16)20)5-7-3-4-17-13(7)21/h7-11,18H,3-6H2,1-2H3,(H2,16,20)(H,17,21)(H,19,22)/t7?,8-,9?,10-,11-/m0/s1. The average molecular weight is 308 g/mol.